The first-order valence-electron chi connectivity index (χ1n) is 7.26. The van der Waals surface area contributed by atoms with E-state index in [1.165, 1.54) is 12.1 Å². The largest absolute Gasteiger partial charge is 0.435 e. The van der Waals surface area contributed by atoms with Crippen LogP contribution in [0.3, 0.4) is 0 Å². The van der Waals surface area contributed by atoms with Crippen molar-refractivity contribution in [2.75, 3.05) is 13.1 Å². The smallest absolute Gasteiger partial charge is 0.414 e. The van der Waals surface area contributed by atoms with Crippen molar-refractivity contribution in [2.24, 2.45) is 5.92 Å². The van der Waals surface area contributed by atoms with Crippen molar-refractivity contribution >= 4 is 0 Å². The number of halogens is 5. The lowest BCUT2D eigenvalue weighted by Crippen LogP contribution is -2.43. The summed E-state index contributed by atoms with van der Waals surface area (Å²) in [5.74, 6) is -0.705. The first-order chi connectivity index (χ1) is 10.8. The number of alkyl halides is 5. The van der Waals surface area contributed by atoms with Crippen molar-refractivity contribution in [3.8, 4) is 5.75 Å². The zero-order valence-electron chi connectivity index (χ0n) is 12.3. The van der Waals surface area contributed by atoms with E-state index in [0.717, 1.165) is 5.56 Å². The van der Waals surface area contributed by atoms with Gasteiger partial charge < -0.3 is 9.84 Å². The zero-order chi connectivity index (χ0) is 17.0. The van der Waals surface area contributed by atoms with Crippen LogP contribution < -0.4 is 4.74 Å². The third kappa shape index (κ3) is 5.31. The Hall–Kier alpha value is -1.41. The summed E-state index contributed by atoms with van der Waals surface area (Å²) in [5.41, 5.74) is 0.862. The summed E-state index contributed by atoms with van der Waals surface area (Å²) >= 11 is 0. The number of aliphatic hydroxyl groups is 1. The van der Waals surface area contributed by atoms with Gasteiger partial charge in [0.1, 0.15) is 5.75 Å². The Balaban J connectivity index is 1.82. The maximum atomic E-state index is 12.5. The highest BCUT2D eigenvalue weighted by atomic mass is 19.4. The lowest BCUT2D eigenvalue weighted by atomic mass is 9.90. The predicted molar refractivity (Wildman–Crippen MR) is 73.1 cm³/mol. The topological polar surface area (TPSA) is 32.7 Å². The van der Waals surface area contributed by atoms with Crippen molar-refractivity contribution in [2.45, 2.75) is 38.3 Å². The number of likely N-dealkylation sites (tertiary alicyclic amines) is 1. The van der Waals surface area contributed by atoms with Crippen LogP contribution in [-0.4, -0.2) is 42.0 Å². The highest BCUT2D eigenvalue weighted by molar-refractivity contribution is 5.27. The molecule has 1 unspecified atom stereocenters. The number of hydrogen-bond donors (Lipinski definition) is 1. The molecule has 1 N–H and O–H groups in total. The molecule has 1 atom stereocenters. The Bertz CT molecular complexity index is 484. The van der Waals surface area contributed by atoms with Gasteiger partial charge in [0.15, 0.2) is 6.10 Å². The Morgan fingerprint density at radius 2 is 1.70 bits per heavy atom. The molecule has 0 bridgehead atoms. The number of aliphatic hydroxyl groups excluding tert-OH is 1. The van der Waals surface area contributed by atoms with Gasteiger partial charge in [0.2, 0.25) is 0 Å². The Labute approximate surface area is 130 Å². The minimum atomic E-state index is -4.58. The summed E-state index contributed by atoms with van der Waals surface area (Å²) in [7, 11) is 0. The normalized spacial score (nSPS) is 19.1. The molecule has 3 nitrogen and oxygen atoms in total. The van der Waals surface area contributed by atoms with Crippen LogP contribution in [-0.2, 0) is 6.54 Å². The molecule has 1 aliphatic rings. The van der Waals surface area contributed by atoms with Gasteiger partial charge in [0, 0.05) is 6.54 Å². The van der Waals surface area contributed by atoms with Crippen molar-refractivity contribution in [1.29, 1.82) is 0 Å². The summed E-state index contributed by atoms with van der Waals surface area (Å²) < 4.78 is 65.8. The van der Waals surface area contributed by atoms with Gasteiger partial charge in [-0.1, -0.05) is 12.1 Å². The fraction of sp³-hybridized carbons (Fsp3) is 0.600. The van der Waals surface area contributed by atoms with E-state index in [1.54, 1.807) is 12.1 Å². The number of rotatable bonds is 5. The first-order valence-corrected chi connectivity index (χ1v) is 7.26. The predicted octanol–water partition coefficient (Wildman–Crippen LogP) is 3.42. The standard InChI is InChI=1S/C15H18F5NO2/c16-14(17)23-12-3-1-10(2-4-12)9-21-7-5-11(6-8-21)13(22)15(18,19)20/h1-4,11,13-14,22H,5-9H2. The van der Waals surface area contributed by atoms with Crippen LogP contribution in [0.2, 0.25) is 0 Å². The Kier molecular flexibility index (Phi) is 5.80. The van der Waals surface area contributed by atoms with Crippen molar-refractivity contribution in [1.82, 2.24) is 4.90 Å². The fourth-order valence-corrected chi connectivity index (χ4v) is 2.73. The van der Waals surface area contributed by atoms with Gasteiger partial charge in [-0.05, 0) is 49.5 Å². The van der Waals surface area contributed by atoms with Crippen LogP contribution >= 0.6 is 0 Å². The van der Waals surface area contributed by atoms with Gasteiger partial charge in [0.25, 0.3) is 0 Å². The maximum Gasteiger partial charge on any atom is 0.414 e. The highest BCUT2D eigenvalue weighted by Gasteiger charge is 2.44. The molecule has 130 valence electrons. The van der Waals surface area contributed by atoms with Crippen molar-refractivity contribution in [3.05, 3.63) is 29.8 Å². The summed E-state index contributed by atoms with van der Waals surface area (Å²) in [6, 6.07) is 6.16. The lowest BCUT2D eigenvalue weighted by molar-refractivity contribution is -0.223. The molecule has 0 radical (unpaired) electrons. The van der Waals surface area contributed by atoms with Crippen LogP contribution in [0.25, 0.3) is 0 Å². The molecule has 1 fully saturated rings. The lowest BCUT2D eigenvalue weighted by Gasteiger charge is -2.34. The number of hydrogen-bond acceptors (Lipinski definition) is 3. The van der Waals surface area contributed by atoms with Crippen molar-refractivity contribution < 1.29 is 31.8 Å². The van der Waals surface area contributed by atoms with E-state index in [4.69, 9.17) is 0 Å². The third-order valence-corrected chi connectivity index (χ3v) is 3.97. The second kappa shape index (κ2) is 7.44. The van der Waals surface area contributed by atoms with E-state index in [1.807, 2.05) is 4.90 Å². The summed E-state index contributed by atoms with van der Waals surface area (Å²) in [6.07, 6.45) is -6.30. The maximum absolute atomic E-state index is 12.5. The van der Waals surface area contributed by atoms with E-state index < -0.39 is 24.8 Å². The quantitative estimate of drug-likeness (QED) is 0.835. The molecule has 1 aliphatic heterocycles. The second-order valence-electron chi connectivity index (χ2n) is 5.62. The molecule has 23 heavy (non-hydrogen) atoms. The zero-order valence-corrected chi connectivity index (χ0v) is 12.3. The molecule has 0 saturated carbocycles. The van der Waals surface area contributed by atoms with Crippen LogP contribution in [0.15, 0.2) is 24.3 Å². The van der Waals surface area contributed by atoms with E-state index >= 15 is 0 Å². The Morgan fingerprint density at radius 1 is 1.13 bits per heavy atom. The number of piperidine rings is 1. The third-order valence-electron chi connectivity index (χ3n) is 3.97. The summed E-state index contributed by atoms with van der Waals surface area (Å²) in [4.78, 5) is 1.97. The SMILES string of the molecule is OC(C1CCN(Cc2ccc(OC(F)F)cc2)CC1)C(F)(F)F. The number of ether oxygens (including phenoxy) is 1. The molecule has 0 aromatic heterocycles. The molecule has 0 aliphatic carbocycles. The van der Waals surface area contributed by atoms with Gasteiger partial charge in [-0.25, -0.2) is 0 Å². The molecule has 1 heterocycles. The van der Waals surface area contributed by atoms with Gasteiger partial charge >= 0.3 is 12.8 Å². The van der Waals surface area contributed by atoms with E-state index in [9.17, 15) is 27.1 Å². The number of nitrogens with zero attached hydrogens (tertiary/aromatic N) is 1. The van der Waals surface area contributed by atoms with Gasteiger partial charge in [-0.2, -0.15) is 22.0 Å². The van der Waals surface area contributed by atoms with E-state index in [2.05, 4.69) is 4.74 Å². The van der Waals surface area contributed by atoms with Crippen LogP contribution in [0.4, 0.5) is 22.0 Å². The van der Waals surface area contributed by atoms with Crippen molar-refractivity contribution in [3.63, 3.8) is 0 Å². The summed E-state index contributed by atoms with van der Waals surface area (Å²) in [5, 5.41) is 9.27. The molecule has 1 saturated heterocycles. The average Bonchev–Trinajstić information content (AvgIpc) is 2.48. The Morgan fingerprint density at radius 3 is 2.17 bits per heavy atom. The average molecular weight is 339 g/mol. The summed E-state index contributed by atoms with van der Waals surface area (Å²) in [6.45, 7) is -1.45. The highest BCUT2D eigenvalue weighted by Crippen LogP contribution is 2.32. The first kappa shape index (κ1) is 17.9. The molecule has 0 spiro atoms. The molecular weight excluding hydrogens is 321 g/mol. The fourth-order valence-electron chi connectivity index (χ4n) is 2.73. The van der Waals surface area contributed by atoms with E-state index in [-0.39, 0.29) is 18.6 Å². The minimum absolute atomic E-state index is 0.0655. The molecule has 2 rings (SSSR count). The number of benzene rings is 1. The molecule has 0 amide bonds. The molecule has 1 aromatic carbocycles. The van der Waals surface area contributed by atoms with E-state index in [0.29, 0.717) is 19.6 Å². The van der Waals surface area contributed by atoms with Crippen LogP contribution in [0.5, 0.6) is 5.75 Å². The molecule has 8 heteroatoms. The molecular formula is C15H18F5NO2. The van der Waals surface area contributed by atoms with Gasteiger partial charge in [-0.3, -0.25) is 4.90 Å². The van der Waals surface area contributed by atoms with Gasteiger partial charge in [-0.15, -0.1) is 0 Å². The molecule has 1 aromatic rings. The second-order valence-corrected chi connectivity index (χ2v) is 5.62. The van der Waals surface area contributed by atoms with Gasteiger partial charge in [0.05, 0.1) is 0 Å². The minimum Gasteiger partial charge on any atom is -0.435 e. The monoisotopic (exact) mass is 339 g/mol. The van der Waals surface area contributed by atoms with Crippen LogP contribution in [0, 0.1) is 5.92 Å². The van der Waals surface area contributed by atoms with Crippen LogP contribution in [0.1, 0.15) is 18.4 Å².